The van der Waals surface area contributed by atoms with Crippen LogP contribution in [-0.2, 0) is 17.8 Å². The van der Waals surface area contributed by atoms with Crippen LogP contribution in [0.1, 0.15) is 28.5 Å². The minimum absolute atomic E-state index is 0.273. The summed E-state index contributed by atoms with van der Waals surface area (Å²) in [4.78, 5) is 4.95. The average molecular weight is 331 g/mol. The van der Waals surface area contributed by atoms with Crippen LogP contribution in [0.25, 0.3) is 0 Å². The molecule has 0 bridgehead atoms. The lowest BCUT2D eigenvalue weighted by molar-refractivity contribution is -0.0506. The minimum atomic E-state index is 0.273. The monoisotopic (exact) mass is 331 g/mol. The average Bonchev–Trinajstić information content (AvgIpc) is 3.23. The van der Waals surface area contributed by atoms with Gasteiger partial charge in [0.2, 0.25) is 0 Å². The van der Waals surface area contributed by atoms with Gasteiger partial charge in [0.05, 0.1) is 31.0 Å². The molecule has 130 valence electrons. The molecule has 2 saturated heterocycles. The van der Waals surface area contributed by atoms with Crippen LogP contribution < -0.4 is 0 Å². The molecular formula is C18H25N3O3. The number of furan rings is 1. The SMILES string of the molecule is Cc1ccc(CN2C[C@H]3OCCN(Cc4c(C)noc4C)[C@H]3C2)o1. The van der Waals surface area contributed by atoms with Crippen molar-refractivity contribution in [3.8, 4) is 0 Å². The summed E-state index contributed by atoms with van der Waals surface area (Å²) in [7, 11) is 0. The summed E-state index contributed by atoms with van der Waals surface area (Å²) in [6.45, 7) is 11.5. The van der Waals surface area contributed by atoms with Crippen LogP contribution in [0, 0.1) is 20.8 Å². The molecule has 24 heavy (non-hydrogen) atoms. The smallest absolute Gasteiger partial charge is 0.138 e. The van der Waals surface area contributed by atoms with Crippen LogP contribution in [-0.4, -0.2) is 53.3 Å². The number of aryl methyl sites for hydroxylation is 3. The van der Waals surface area contributed by atoms with Gasteiger partial charge in [0.1, 0.15) is 17.3 Å². The Morgan fingerprint density at radius 3 is 2.75 bits per heavy atom. The van der Waals surface area contributed by atoms with E-state index in [1.807, 2.05) is 26.8 Å². The molecule has 4 heterocycles. The quantitative estimate of drug-likeness (QED) is 0.857. The fraction of sp³-hybridized carbons (Fsp3) is 0.611. The van der Waals surface area contributed by atoms with Gasteiger partial charge in [-0.25, -0.2) is 0 Å². The third-order valence-corrected chi connectivity index (χ3v) is 5.21. The van der Waals surface area contributed by atoms with Gasteiger partial charge in [-0.05, 0) is 32.9 Å². The first kappa shape index (κ1) is 15.9. The van der Waals surface area contributed by atoms with Crippen molar-refractivity contribution >= 4 is 0 Å². The molecule has 0 aromatic carbocycles. The Labute approximate surface area is 142 Å². The Bertz CT molecular complexity index is 689. The molecule has 2 aromatic rings. The van der Waals surface area contributed by atoms with Gasteiger partial charge in [0.25, 0.3) is 0 Å². The summed E-state index contributed by atoms with van der Waals surface area (Å²) in [5, 5.41) is 4.08. The molecule has 6 heteroatoms. The van der Waals surface area contributed by atoms with Crippen LogP contribution in [0.5, 0.6) is 0 Å². The molecule has 0 aliphatic carbocycles. The molecule has 0 N–H and O–H groups in total. The van der Waals surface area contributed by atoms with Crippen LogP contribution in [0.2, 0.25) is 0 Å². The largest absolute Gasteiger partial charge is 0.465 e. The summed E-state index contributed by atoms with van der Waals surface area (Å²) in [6.07, 6.45) is 0.273. The third-order valence-electron chi connectivity index (χ3n) is 5.21. The number of rotatable bonds is 4. The van der Waals surface area contributed by atoms with E-state index in [1.165, 1.54) is 5.56 Å². The number of fused-ring (bicyclic) bond motifs is 1. The second-order valence-corrected chi connectivity index (χ2v) is 6.96. The first-order valence-corrected chi connectivity index (χ1v) is 8.65. The van der Waals surface area contributed by atoms with Gasteiger partial charge in [0, 0.05) is 31.7 Å². The zero-order chi connectivity index (χ0) is 16.7. The maximum atomic E-state index is 6.03. The fourth-order valence-corrected chi connectivity index (χ4v) is 3.88. The van der Waals surface area contributed by atoms with Gasteiger partial charge < -0.3 is 13.7 Å². The van der Waals surface area contributed by atoms with E-state index in [0.29, 0.717) is 6.04 Å². The van der Waals surface area contributed by atoms with Crippen LogP contribution in [0.15, 0.2) is 21.1 Å². The van der Waals surface area contributed by atoms with E-state index < -0.39 is 0 Å². The Morgan fingerprint density at radius 1 is 1.17 bits per heavy atom. The molecule has 0 spiro atoms. The van der Waals surface area contributed by atoms with E-state index in [9.17, 15) is 0 Å². The Balaban J connectivity index is 1.44. The molecule has 0 radical (unpaired) electrons. The van der Waals surface area contributed by atoms with E-state index in [0.717, 1.165) is 62.3 Å². The van der Waals surface area contributed by atoms with Crippen molar-refractivity contribution in [1.82, 2.24) is 15.0 Å². The van der Waals surface area contributed by atoms with Crippen molar-refractivity contribution in [2.45, 2.75) is 46.0 Å². The van der Waals surface area contributed by atoms with Gasteiger partial charge in [-0.3, -0.25) is 9.80 Å². The Kier molecular flexibility index (Phi) is 4.20. The molecule has 6 nitrogen and oxygen atoms in total. The lowest BCUT2D eigenvalue weighted by Crippen LogP contribution is -2.50. The van der Waals surface area contributed by atoms with E-state index >= 15 is 0 Å². The van der Waals surface area contributed by atoms with Crippen molar-refractivity contribution in [1.29, 1.82) is 0 Å². The molecule has 2 fully saturated rings. The minimum Gasteiger partial charge on any atom is -0.465 e. The maximum absolute atomic E-state index is 6.03. The van der Waals surface area contributed by atoms with Gasteiger partial charge in [-0.15, -0.1) is 0 Å². The van der Waals surface area contributed by atoms with Crippen LogP contribution >= 0.6 is 0 Å². The Morgan fingerprint density at radius 2 is 2.04 bits per heavy atom. The van der Waals surface area contributed by atoms with Gasteiger partial charge in [-0.2, -0.15) is 0 Å². The number of ether oxygens (including phenoxy) is 1. The molecule has 0 saturated carbocycles. The lowest BCUT2D eigenvalue weighted by Gasteiger charge is -2.36. The van der Waals surface area contributed by atoms with E-state index in [1.54, 1.807) is 0 Å². The maximum Gasteiger partial charge on any atom is 0.138 e. The number of hydrogen-bond donors (Lipinski definition) is 0. The summed E-state index contributed by atoms with van der Waals surface area (Å²) in [6, 6.07) is 4.52. The highest BCUT2D eigenvalue weighted by atomic mass is 16.5. The molecule has 2 aliphatic heterocycles. The molecule has 2 aliphatic rings. The first-order chi connectivity index (χ1) is 11.6. The number of likely N-dealkylation sites (tertiary alicyclic amines) is 1. The van der Waals surface area contributed by atoms with Crippen molar-refractivity contribution in [2.24, 2.45) is 0 Å². The fourth-order valence-electron chi connectivity index (χ4n) is 3.88. The summed E-state index contributed by atoms with van der Waals surface area (Å²) in [5.41, 5.74) is 2.22. The highest BCUT2D eigenvalue weighted by Gasteiger charge is 2.40. The molecular weight excluding hydrogens is 306 g/mol. The number of aromatic nitrogens is 1. The summed E-state index contributed by atoms with van der Waals surface area (Å²) < 4.78 is 17.1. The van der Waals surface area contributed by atoms with Crippen molar-refractivity contribution in [2.75, 3.05) is 26.2 Å². The van der Waals surface area contributed by atoms with Crippen molar-refractivity contribution < 1.29 is 13.7 Å². The molecule has 0 unspecified atom stereocenters. The van der Waals surface area contributed by atoms with Crippen molar-refractivity contribution in [3.05, 3.63) is 40.7 Å². The summed E-state index contributed by atoms with van der Waals surface area (Å²) >= 11 is 0. The van der Waals surface area contributed by atoms with E-state index in [4.69, 9.17) is 13.7 Å². The second kappa shape index (κ2) is 6.35. The zero-order valence-corrected chi connectivity index (χ0v) is 14.6. The predicted molar refractivity (Wildman–Crippen MR) is 88.6 cm³/mol. The van der Waals surface area contributed by atoms with Crippen LogP contribution in [0.4, 0.5) is 0 Å². The highest BCUT2D eigenvalue weighted by Crippen LogP contribution is 2.27. The molecule has 2 atom stereocenters. The Hall–Kier alpha value is -1.63. The molecule has 2 aromatic heterocycles. The summed E-state index contributed by atoms with van der Waals surface area (Å²) in [5.74, 6) is 2.93. The van der Waals surface area contributed by atoms with Gasteiger partial charge in [0.15, 0.2) is 0 Å². The number of nitrogens with zero attached hydrogens (tertiary/aromatic N) is 3. The first-order valence-electron chi connectivity index (χ1n) is 8.65. The molecule has 4 rings (SSSR count). The topological polar surface area (TPSA) is 54.9 Å². The second-order valence-electron chi connectivity index (χ2n) is 6.96. The molecule has 0 amide bonds. The highest BCUT2D eigenvalue weighted by molar-refractivity contribution is 5.21. The zero-order valence-electron chi connectivity index (χ0n) is 14.6. The third kappa shape index (κ3) is 3.01. The van der Waals surface area contributed by atoms with Crippen molar-refractivity contribution in [3.63, 3.8) is 0 Å². The van der Waals surface area contributed by atoms with Gasteiger partial charge >= 0.3 is 0 Å². The van der Waals surface area contributed by atoms with E-state index in [2.05, 4.69) is 21.0 Å². The normalized spacial score (nSPS) is 25.3. The lowest BCUT2D eigenvalue weighted by atomic mass is 10.1. The predicted octanol–water partition coefficient (Wildman–Crippen LogP) is 2.28. The number of morpholine rings is 1. The van der Waals surface area contributed by atoms with Crippen LogP contribution in [0.3, 0.4) is 0 Å². The van der Waals surface area contributed by atoms with Gasteiger partial charge in [-0.1, -0.05) is 5.16 Å². The van der Waals surface area contributed by atoms with E-state index in [-0.39, 0.29) is 6.10 Å². The standard InChI is InChI=1S/C18H25N3O3/c1-12-4-5-15(23-12)8-20-10-17-18(11-20)22-7-6-21(17)9-16-13(2)19-24-14(16)3/h4-5,17-18H,6-11H2,1-3H3/t17-,18+/m0/s1. The number of hydrogen-bond acceptors (Lipinski definition) is 6.